The lowest BCUT2D eigenvalue weighted by Crippen LogP contribution is -2.28. The topological polar surface area (TPSA) is 54.0 Å². The monoisotopic (exact) mass is 265 g/mol. The molecule has 0 spiro atoms. The molecule has 0 aliphatic heterocycles. The number of nitrogens with one attached hydrogen (secondary N) is 2. The summed E-state index contributed by atoms with van der Waals surface area (Å²) in [6, 6.07) is 5.25. The number of aryl methyl sites for hydroxylation is 1. The van der Waals surface area contributed by atoms with Crippen molar-refractivity contribution in [2.24, 2.45) is 0 Å². The standard InChI is InChI=1S/C12H12FN3OS/c1-8-7-18-11(15-8)6-14-12(17)16-10-4-2-9(13)3-5-10/h2-5,7H,6H2,1H3,(H2,14,16,17). The van der Waals surface area contributed by atoms with E-state index in [1.165, 1.54) is 35.6 Å². The Labute approximate surface area is 108 Å². The summed E-state index contributed by atoms with van der Waals surface area (Å²) >= 11 is 1.50. The number of rotatable bonds is 3. The maximum atomic E-state index is 12.7. The Bertz CT molecular complexity index is 539. The normalized spacial score (nSPS) is 10.1. The van der Waals surface area contributed by atoms with Gasteiger partial charge in [0.05, 0.1) is 6.54 Å². The maximum absolute atomic E-state index is 12.7. The van der Waals surface area contributed by atoms with Crippen LogP contribution in [0.2, 0.25) is 0 Å². The van der Waals surface area contributed by atoms with Gasteiger partial charge >= 0.3 is 6.03 Å². The van der Waals surface area contributed by atoms with Crippen molar-refractivity contribution in [1.29, 1.82) is 0 Å². The van der Waals surface area contributed by atoms with Crippen LogP contribution >= 0.6 is 11.3 Å². The van der Waals surface area contributed by atoms with Crippen LogP contribution in [0.25, 0.3) is 0 Å². The van der Waals surface area contributed by atoms with Crippen LogP contribution in [0.5, 0.6) is 0 Å². The molecule has 2 aromatic rings. The number of amides is 2. The highest BCUT2D eigenvalue weighted by Gasteiger charge is 2.03. The molecule has 0 radical (unpaired) electrons. The van der Waals surface area contributed by atoms with E-state index in [0.29, 0.717) is 12.2 Å². The van der Waals surface area contributed by atoms with Crippen LogP contribution < -0.4 is 10.6 Å². The molecule has 2 rings (SSSR count). The lowest BCUT2D eigenvalue weighted by atomic mass is 10.3. The van der Waals surface area contributed by atoms with Crippen LogP contribution in [0.4, 0.5) is 14.9 Å². The zero-order chi connectivity index (χ0) is 13.0. The predicted octanol–water partition coefficient (Wildman–Crippen LogP) is 2.91. The Hall–Kier alpha value is -1.95. The van der Waals surface area contributed by atoms with Gasteiger partial charge in [-0.3, -0.25) is 0 Å². The molecule has 0 atom stereocenters. The number of benzene rings is 1. The summed E-state index contributed by atoms with van der Waals surface area (Å²) in [5, 5.41) is 8.06. The van der Waals surface area contributed by atoms with Crippen LogP contribution in [0, 0.1) is 12.7 Å². The molecule has 2 N–H and O–H groups in total. The third-order valence-electron chi connectivity index (χ3n) is 2.17. The fourth-order valence-corrected chi connectivity index (χ4v) is 2.06. The van der Waals surface area contributed by atoms with Gasteiger partial charge in [-0.2, -0.15) is 0 Å². The zero-order valence-electron chi connectivity index (χ0n) is 9.74. The van der Waals surface area contributed by atoms with Gasteiger partial charge in [-0.05, 0) is 31.2 Å². The Balaban J connectivity index is 1.83. The SMILES string of the molecule is Cc1csc(CNC(=O)Nc2ccc(F)cc2)n1. The van der Waals surface area contributed by atoms with Crippen LogP contribution in [-0.4, -0.2) is 11.0 Å². The van der Waals surface area contributed by atoms with Crippen LogP contribution in [0.15, 0.2) is 29.6 Å². The molecule has 0 fully saturated rings. The molecular weight excluding hydrogens is 253 g/mol. The summed E-state index contributed by atoms with van der Waals surface area (Å²) in [5.74, 6) is -0.334. The minimum absolute atomic E-state index is 0.334. The molecule has 2 amide bonds. The highest BCUT2D eigenvalue weighted by molar-refractivity contribution is 7.09. The van der Waals surface area contributed by atoms with Crippen molar-refractivity contribution >= 4 is 23.1 Å². The minimum atomic E-state index is -0.338. The zero-order valence-corrected chi connectivity index (χ0v) is 10.6. The molecule has 0 saturated carbocycles. The average Bonchev–Trinajstić information content (AvgIpc) is 2.76. The molecule has 4 nitrogen and oxygen atoms in total. The smallest absolute Gasteiger partial charge is 0.319 e. The van der Waals surface area contributed by atoms with Crippen molar-refractivity contribution < 1.29 is 9.18 Å². The number of hydrogen-bond acceptors (Lipinski definition) is 3. The van der Waals surface area contributed by atoms with Gasteiger partial charge < -0.3 is 10.6 Å². The van der Waals surface area contributed by atoms with E-state index < -0.39 is 0 Å². The number of nitrogens with zero attached hydrogens (tertiary/aromatic N) is 1. The third kappa shape index (κ3) is 3.53. The maximum Gasteiger partial charge on any atom is 0.319 e. The minimum Gasteiger partial charge on any atom is -0.331 e. The fourth-order valence-electron chi connectivity index (χ4n) is 1.35. The summed E-state index contributed by atoms with van der Waals surface area (Å²) in [5.41, 5.74) is 1.49. The lowest BCUT2D eigenvalue weighted by molar-refractivity contribution is 0.251. The first-order valence-corrected chi connectivity index (χ1v) is 6.23. The van der Waals surface area contributed by atoms with Crippen molar-refractivity contribution in [1.82, 2.24) is 10.3 Å². The largest absolute Gasteiger partial charge is 0.331 e. The number of carbonyl (C=O) groups excluding carboxylic acids is 1. The molecule has 0 unspecified atom stereocenters. The van der Waals surface area contributed by atoms with Gasteiger partial charge in [0.15, 0.2) is 0 Å². The first-order valence-electron chi connectivity index (χ1n) is 5.35. The second-order valence-corrected chi connectivity index (χ2v) is 4.64. The van der Waals surface area contributed by atoms with Gasteiger partial charge in [0.2, 0.25) is 0 Å². The van der Waals surface area contributed by atoms with Crippen molar-refractivity contribution in [2.75, 3.05) is 5.32 Å². The van der Waals surface area contributed by atoms with Gasteiger partial charge in [0, 0.05) is 16.8 Å². The lowest BCUT2D eigenvalue weighted by Gasteiger charge is -2.05. The third-order valence-corrected chi connectivity index (χ3v) is 3.14. The van der Waals surface area contributed by atoms with Gasteiger partial charge in [-0.25, -0.2) is 14.2 Å². The number of urea groups is 1. The van der Waals surface area contributed by atoms with Crippen LogP contribution in [0.1, 0.15) is 10.7 Å². The van der Waals surface area contributed by atoms with E-state index in [9.17, 15) is 9.18 Å². The number of carbonyl (C=O) groups is 1. The summed E-state index contributed by atoms with van der Waals surface area (Å²) in [4.78, 5) is 15.8. The van der Waals surface area contributed by atoms with E-state index in [1.807, 2.05) is 12.3 Å². The Morgan fingerprint density at radius 3 is 2.72 bits per heavy atom. The van der Waals surface area contributed by atoms with Crippen LogP contribution in [-0.2, 0) is 6.54 Å². The summed E-state index contributed by atoms with van der Waals surface area (Å²) < 4.78 is 12.7. The summed E-state index contributed by atoms with van der Waals surface area (Å²) in [6.07, 6.45) is 0. The number of halogens is 1. The molecule has 1 aromatic heterocycles. The van der Waals surface area contributed by atoms with Crippen molar-refractivity contribution in [2.45, 2.75) is 13.5 Å². The molecule has 0 bridgehead atoms. The molecular formula is C12H12FN3OS. The summed E-state index contributed by atoms with van der Waals surface area (Å²) in [6.45, 7) is 2.28. The quantitative estimate of drug-likeness (QED) is 0.896. The van der Waals surface area contributed by atoms with E-state index in [4.69, 9.17) is 0 Å². The highest BCUT2D eigenvalue weighted by atomic mass is 32.1. The van der Waals surface area contributed by atoms with E-state index in [1.54, 1.807) is 0 Å². The van der Waals surface area contributed by atoms with Crippen molar-refractivity contribution in [3.05, 3.63) is 46.2 Å². The second-order valence-electron chi connectivity index (χ2n) is 3.70. The van der Waals surface area contributed by atoms with Gasteiger partial charge in [-0.1, -0.05) is 0 Å². The molecule has 1 heterocycles. The second kappa shape index (κ2) is 5.59. The number of anilines is 1. The number of hydrogen-bond donors (Lipinski definition) is 2. The Morgan fingerprint density at radius 2 is 2.11 bits per heavy atom. The Kier molecular flexibility index (Phi) is 3.88. The first-order chi connectivity index (χ1) is 8.63. The Morgan fingerprint density at radius 1 is 1.39 bits per heavy atom. The molecule has 0 saturated heterocycles. The highest BCUT2D eigenvalue weighted by Crippen LogP contribution is 2.09. The average molecular weight is 265 g/mol. The molecule has 6 heteroatoms. The van der Waals surface area contributed by atoms with Crippen LogP contribution in [0.3, 0.4) is 0 Å². The molecule has 0 aliphatic rings. The number of aromatic nitrogens is 1. The summed E-state index contributed by atoms with van der Waals surface area (Å²) in [7, 11) is 0. The molecule has 94 valence electrons. The molecule has 1 aromatic carbocycles. The van der Waals surface area contributed by atoms with E-state index in [-0.39, 0.29) is 11.8 Å². The van der Waals surface area contributed by atoms with Gasteiger partial charge in [-0.15, -0.1) is 11.3 Å². The van der Waals surface area contributed by atoms with Gasteiger partial charge in [0.1, 0.15) is 10.8 Å². The van der Waals surface area contributed by atoms with E-state index >= 15 is 0 Å². The van der Waals surface area contributed by atoms with Crippen molar-refractivity contribution in [3.63, 3.8) is 0 Å². The molecule has 0 aliphatic carbocycles. The first kappa shape index (κ1) is 12.5. The van der Waals surface area contributed by atoms with E-state index in [0.717, 1.165) is 10.7 Å². The number of thiazole rings is 1. The fraction of sp³-hybridized carbons (Fsp3) is 0.167. The van der Waals surface area contributed by atoms with E-state index in [2.05, 4.69) is 15.6 Å². The van der Waals surface area contributed by atoms with Gasteiger partial charge in [0.25, 0.3) is 0 Å². The van der Waals surface area contributed by atoms with Crippen molar-refractivity contribution in [3.8, 4) is 0 Å². The predicted molar refractivity (Wildman–Crippen MR) is 69.1 cm³/mol. The molecule has 18 heavy (non-hydrogen) atoms.